The average molecular weight is 407 g/mol. The van der Waals surface area contributed by atoms with Crippen LogP contribution in [0.15, 0.2) is 40.8 Å². The summed E-state index contributed by atoms with van der Waals surface area (Å²) in [6, 6.07) is 12.9. The van der Waals surface area contributed by atoms with Gasteiger partial charge in [0.1, 0.15) is 5.58 Å². The number of fused-ring (bicyclic) bond motifs is 1. The van der Waals surface area contributed by atoms with Crippen LogP contribution in [0.25, 0.3) is 11.0 Å². The van der Waals surface area contributed by atoms with Gasteiger partial charge in [0.05, 0.1) is 6.04 Å². The predicted octanol–water partition coefficient (Wildman–Crippen LogP) is 5.69. The van der Waals surface area contributed by atoms with Crippen molar-refractivity contribution in [3.63, 3.8) is 0 Å². The molecule has 0 fully saturated rings. The second-order valence-electron chi connectivity index (χ2n) is 9.57. The van der Waals surface area contributed by atoms with Gasteiger partial charge in [-0.2, -0.15) is 0 Å². The minimum atomic E-state index is -0.168. The molecule has 0 spiro atoms. The van der Waals surface area contributed by atoms with E-state index in [1.54, 1.807) is 0 Å². The van der Waals surface area contributed by atoms with Crippen LogP contribution in [0.5, 0.6) is 0 Å². The van der Waals surface area contributed by atoms with E-state index >= 15 is 0 Å². The summed E-state index contributed by atoms with van der Waals surface area (Å²) in [7, 11) is 4.07. The fourth-order valence-electron chi connectivity index (χ4n) is 4.08. The highest BCUT2D eigenvalue weighted by atomic mass is 16.3. The van der Waals surface area contributed by atoms with E-state index in [1.807, 2.05) is 34.0 Å². The highest BCUT2D eigenvalue weighted by Crippen LogP contribution is 2.30. The maximum absolute atomic E-state index is 13.0. The summed E-state index contributed by atoms with van der Waals surface area (Å²) < 4.78 is 5.95. The number of amides is 1. The zero-order valence-electron chi connectivity index (χ0n) is 19.5. The molecule has 0 radical (unpaired) electrons. The van der Waals surface area contributed by atoms with Crippen LogP contribution in [-0.4, -0.2) is 31.4 Å². The zero-order valence-corrected chi connectivity index (χ0v) is 19.5. The van der Waals surface area contributed by atoms with Crippen LogP contribution in [0.2, 0.25) is 0 Å². The molecule has 1 amide bonds. The van der Waals surface area contributed by atoms with Crippen LogP contribution in [0.4, 0.5) is 0 Å². The van der Waals surface area contributed by atoms with E-state index in [4.69, 9.17) is 4.42 Å². The molecular formula is C26H34N2O2. The number of benzene rings is 2. The van der Waals surface area contributed by atoms with Gasteiger partial charge in [0.2, 0.25) is 0 Å². The quantitative estimate of drug-likeness (QED) is 0.592. The van der Waals surface area contributed by atoms with Crippen LogP contribution >= 0.6 is 0 Å². The van der Waals surface area contributed by atoms with Crippen molar-refractivity contribution < 1.29 is 9.21 Å². The Bertz CT molecular complexity index is 1050. The Kier molecular flexibility index (Phi) is 6.09. The molecule has 3 rings (SSSR count). The highest BCUT2D eigenvalue weighted by Gasteiger charge is 2.22. The first-order valence-electron chi connectivity index (χ1n) is 10.5. The molecule has 4 nitrogen and oxygen atoms in total. The Labute approximate surface area is 180 Å². The normalized spacial score (nSPS) is 13.1. The lowest BCUT2D eigenvalue weighted by Crippen LogP contribution is -2.34. The summed E-state index contributed by atoms with van der Waals surface area (Å²) in [6.07, 6.45) is 0. The number of nitrogens with zero attached hydrogens (tertiary/aromatic N) is 1. The van der Waals surface area contributed by atoms with E-state index in [2.05, 4.69) is 68.2 Å². The molecule has 0 aliphatic rings. The van der Waals surface area contributed by atoms with Crippen LogP contribution < -0.4 is 5.32 Å². The molecule has 0 saturated heterocycles. The van der Waals surface area contributed by atoms with Gasteiger partial charge in [-0.25, -0.2) is 0 Å². The summed E-state index contributed by atoms with van der Waals surface area (Å²) in [5, 5.41) is 4.12. The zero-order chi connectivity index (χ0) is 22.2. The van der Waals surface area contributed by atoms with Crippen LogP contribution in [0.3, 0.4) is 0 Å². The lowest BCUT2D eigenvalue weighted by molar-refractivity contribution is 0.0915. The van der Waals surface area contributed by atoms with Gasteiger partial charge >= 0.3 is 0 Å². The second-order valence-corrected chi connectivity index (χ2v) is 9.57. The van der Waals surface area contributed by atoms with Gasteiger partial charge in [-0.05, 0) is 68.6 Å². The number of nitrogens with one attached hydrogen (secondary N) is 1. The smallest absolute Gasteiger partial charge is 0.287 e. The lowest BCUT2D eigenvalue weighted by Gasteiger charge is -2.26. The first-order chi connectivity index (χ1) is 14.0. The number of carbonyl (C=O) groups excluding carboxylic acids is 1. The average Bonchev–Trinajstić information content (AvgIpc) is 2.97. The van der Waals surface area contributed by atoms with Gasteiger partial charge in [0.15, 0.2) is 5.76 Å². The first kappa shape index (κ1) is 22.1. The van der Waals surface area contributed by atoms with Crippen molar-refractivity contribution in [1.29, 1.82) is 0 Å². The molecular weight excluding hydrogens is 372 g/mol. The molecule has 30 heavy (non-hydrogen) atoms. The first-order valence-corrected chi connectivity index (χ1v) is 10.5. The molecule has 0 saturated carbocycles. The summed E-state index contributed by atoms with van der Waals surface area (Å²) >= 11 is 0. The van der Waals surface area contributed by atoms with Crippen molar-refractivity contribution in [2.24, 2.45) is 0 Å². The van der Waals surface area contributed by atoms with Crippen molar-refractivity contribution in [2.75, 3.05) is 20.6 Å². The lowest BCUT2D eigenvalue weighted by atomic mass is 9.86. The van der Waals surface area contributed by atoms with Gasteiger partial charge in [0, 0.05) is 17.5 Å². The molecule has 1 aromatic heterocycles. The van der Waals surface area contributed by atoms with E-state index in [0.29, 0.717) is 12.3 Å². The summed E-state index contributed by atoms with van der Waals surface area (Å²) in [5.74, 6) is 0.234. The Morgan fingerprint density at radius 3 is 2.27 bits per heavy atom. The van der Waals surface area contributed by atoms with Crippen molar-refractivity contribution in [3.05, 3.63) is 70.0 Å². The number of hydrogen-bond donors (Lipinski definition) is 1. The van der Waals surface area contributed by atoms with Crippen molar-refractivity contribution in [3.8, 4) is 0 Å². The molecule has 0 unspecified atom stereocenters. The van der Waals surface area contributed by atoms with Crippen molar-refractivity contribution in [2.45, 2.75) is 53.0 Å². The number of likely N-dealkylation sites (N-methyl/N-ethyl adjacent to an activating group) is 1. The molecule has 0 aliphatic heterocycles. The molecule has 1 atom stereocenters. The fraction of sp³-hybridized carbons (Fsp3) is 0.423. The third-order valence-electron chi connectivity index (χ3n) is 5.82. The van der Waals surface area contributed by atoms with E-state index in [0.717, 1.165) is 27.7 Å². The van der Waals surface area contributed by atoms with Gasteiger partial charge in [0.25, 0.3) is 5.91 Å². The highest BCUT2D eigenvalue weighted by molar-refractivity contribution is 6.00. The molecule has 4 heteroatoms. The Morgan fingerprint density at radius 2 is 1.70 bits per heavy atom. The number of carbonyl (C=O) groups is 1. The third-order valence-corrected chi connectivity index (χ3v) is 5.82. The summed E-state index contributed by atoms with van der Waals surface area (Å²) in [6.45, 7) is 13.2. The molecule has 0 aliphatic carbocycles. The maximum Gasteiger partial charge on any atom is 0.287 e. The molecule has 2 aromatic carbocycles. The predicted molar refractivity (Wildman–Crippen MR) is 124 cm³/mol. The number of hydrogen-bond acceptors (Lipinski definition) is 3. The minimum absolute atomic E-state index is 0.0802. The van der Waals surface area contributed by atoms with Gasteiger partial charge in [-0.15, -0.1) is 0 Å². The van der Waals surface area contributed by atoms with E-state index < -0.39 is 0 Å². The minimum Gasteiger partial charge on any atom is -0.451 e. The topological polar surface area (TPSA) is 45.5 Å². The summed E-state index contributed by atoms with van der Waals surface area (Å²) in [4.78, 5) is 15.1. The number of rotatable bonds is 5. The van der Waals surface area contributed by atoms with Gasteiger partial charge in [-0.3, -0.25) is 4.79 Å². The molecule has 3 aromatic rings. The van der Waals surface area contributed by atoms with Crippen LogP contribution in [0, 0.1) is 20.8 Å². The standard InChI is InChI=1S/C26H34N2O2/c1-16-13-17(2)23-18(3)24(30-22(23)14-16)25(29)27-15-21(28(7)8)19-9-11-20(12-10-19)26(4,5)6/h9-14,21H,15H2,1-8H3,(H,27,29)/t21-/m1/s1. The molecule has 160 valence electrons. The summed E-state index contributed by atoms with van der Waals surface area (Å²) in [5.41, 5.74) is 6.54. The number of furan rings is 1. The Hall–Kier alpha value is -2.59. The van der Waals surface area contributed by atoms with E-state index in [9.17, 15) is 4.79 Å². The van der Waals surface area contributed by atoms with Gasteiger partial charge in [-0.1, -0.05) is 51.1 Å². The van der Waals surface area contributed by atoms with E-state index in [1.165, 1.54) is 11.1 Å². The van der Waals surface area contributed by atoms with Gasteiger partial charge < -0.3 is 14.6 Å². The Balaban J connectivity index is 1.80. The molecule has 1 N–H and O–H groups in total. The molecule has 0 bridgehead atoms. The van der Waals surface area contributed by atoms with E-state index in [-0.39, 0.29) is 17.4 Å². The maximum atomic E-state index is 13.0. The monoisotopic (exact) mass is 406 g/mol. The van der Waals surface area contributed by atoms with Crippen LogP contribution in [0.1, 0.15) is 65.2 Å². The SMILES string of the molecule is Cc1cc(C)c2c(C)c(C(=O)NC[C@H](c3ccc(C(C)(C)C)cc3)N(C)C)oc2c1. The van der Waals surface area contributed by atoms with Crippen molar-refractivity contribution >= 4 is 16.9 Å². The van der Waals surface area contributed by atoms with Crippen molar-refractivity contribution in [1.82, 2.24) is 10.2 Å². The van der Waals surface area contributed by atoms with Crippen LogP contribution in [-0.2, 0) is 5.41 Å². The Morgan fingerprint density at radius 1 is 1.07 bits per heavy atom. The fourth-order valence-corrected chi connectivity index (χ4v) is 4.08. The largest absolute Gasteiger partial charge is 0.451 e. The third kappa shape index (κ3) is 4.44. The second kappa shape index (κ2) is 8.27. The number of aryl methyl sites for hydroxylation is 3. The molecule has 1 heterocycles.